The van der Waals surface area contributed by atoms with Crippen molar-refractivity contribution in [2.75, 3.05) is 33.3 Å². The Morgan fingerprint density at radius 2 is 1.84 bits per heavy atom. The number of hydrogen-bond acceptors (Lipinski definition) is 5. The Labute approximate surface area is 190 Å². The number of nitrogens with one attached hydrogen (secondary N) is 1. The third-order valence-corrected chi connectivity index (χ3v) is 6.10. The van der Waals surface area contributed by atoms with Gasteiger partial charge in [0.05, 0.1) is 6.61 Å². The minimum Gasteiger partial charge on any atom is -0.444 e. The van der Waals surface area contributed by atoms with Gasteiger partial charge in [-0.15, -0.1) is 0 Å². The lowest BCUT2D eigenvalue weighted by atomic mass is 9.96. The number of morpholine rings is 1. The molecular weight excluding hydrogens is 418 g/mol. The van der Waals surface area contributed by atoms with E-state index in [1.165, 1.54) is 5.56 Å². The minimum absolute atomic E-state index is 0.0962. The number of amides is 2. The molecule has 0 unspecified atom stereocenters. The highest BCUT2D eigenvalue weighted by molar-refractivity contribution is 6.30. The maximum Gasteiger partial charge on any atom is 0.410 e. The average Bonchev–Trinajstić information content (AvgIpc) is 2.74. The number of ether oxygens (including phenoxy) is 2. The predicted octanol–water partition coefficient (Wildman–Crippen LogP) is 3.10. The van der Waals surface area contributed by atoms with E-state index in [0.717, 1.165) is 24.3 Å². The van der Waals surface area contributed by atoms with Crippen LogP contribution in [-0.4, -0.2) is 78.9 Å². The Bertz CT molecular complexity index is 757. The summed E-state index contributed by atoms with van der Waals surface area (Å²) in [5.41, 5.74) is 0.690. The molecule has 0 radical (unpaired) electrons. The first-order valence-corrected chi connectivity index (χ1v) is 11.4. The van der Waals surface area contributed by atoms with Crippen LogP contribution in [-0.2, 0) is 20.7 Å². The van der Waals surface area contributed by atoms with Crippen LogP contribution >= 0.6 is 11.6 Å². The van der Waals surface area contributed by atoms with Gasteiger partial charge in [-0.05, 0) is 57.7 Å². The van der Waals surface area contributed by atoms with Gasteiger partial charge in [-0.25, -0.2) is 4.79 Å². The lowest BCUT2D eigenvalue weighted by molar-refractivity contribution is -0.145. The van der Waals surface area contributed by atoms with Crippen molar-refractivity contribution in [2.24, 2.45) is 0 Å². The Morgan fingerprint density at radius 1 is 1.19 bits per heavy atom. The van der Waals surface area contributed by atoms with E-state index in [2.05, 4.69) is 10.2 Å². The number of carbonyl (C=O) groups excluding carboxylic acids is 2. The van der Waals surface area contributed by atoms with Gasteiger partial charge in [0.2, 0.25) is 5.91 Å². The molecule has 2 aliphatic rings. The molecule has 7 nitrogen and oxygen atoms in total. The molecule has 2 atom stereocenters. The van der Waals surface area contributed by atoms with E-state index >= 15 is 0 Å². The number of benzene rings is 1. The van der Waals surface area contributed by atoms with Crippen LogP contribution in [0, 0.1) is 0 Å². The van der Waals surface area contributed by atoms with Gasteiger partial charge in [0.1, 0.15) is 11.7 Å². The van der Waals surface area contributed by atoms with Crippen molar-refractivity contribution in [1.82, 2.24) is 15.1 Å². The Morgan fingerprint density at radius 3 is 2.42 bits per heavy atom. The van der Waals surface area contributed by atoms with Crippen LogP contribution in [0.3, 0.4) is 0 Å². The Balaban J connectivity index is 1.67. The van der Waals surface area contributed by atoms with Crippen molar-refractivity contribution >= 4 is 23.6 Å². The van der Waals surface area contributed by atoms with Crippen LogP contribution in [0.2, 0.25) is 5.02 Å². The zero-order valence-corrected chi connectivity index (χ0v) is 19.7. The topological polar surface area (TPSA) is 71.1 Å². The van der Waals surface area contributed by atoms with Crippen molar-refractivity contribution in [3.63, 3.8) is 0 Å². The van der Waals surface area contributed by atoms with Gasteiger partial charge in [0, 0.05) is 43.8 Å². The van der Waals surface area contributed by atoms with Crippen molar-refractivity contribution in [1.29, 1.82) is 0 Å². The van der Waals surface area contributed by atoms with Crippen LogP contribution in [0.4, 0.5) is 4.79 Å². The van der Waals surface area contributed by atoms with Crippen LogP contribution in [0.5, 0.6) is 0 Å². The summed E-state index contributed by atoms with van der Waals surface area (Å²) >= 11 is 6.03. The molecule has 172 valence electrons. The molecular formula is C23H34ClN3O4. The smallest absolute Gasteiger partial charge is 0.410 e. The fourth-order valence-electron chi connectivity index (χ4n) is 4.26. The van der Waals surface area contributed by atoms with Gasteiger partial charge in [-0.2, -0.15) is 0 Å². The summed E-state index contributed by atoms with van der Waals surface area (Å²) < 4.78 is 11.4. The van der Waals surface area contributed by atoms with E-state index in [1.807, 2.05) is 45.0 Å². The number of hydrogen-bond donors (Lipinski definition) is 1. The van der Waals surface area contributed by atoms with Crippen LogP contribution in [0.15, 0.2) is 24.3 Å². The van der Waals surface area contributed by atoms with Crippen LogP contribution in [0.1, 0.15) is 39.2 Å². The zero-order chi connectivity index (χ0) is 22.6. The first kappa shape index (κ1) is 23.8. The number of rotatable bonds is 4. The summed E-state index contributed by atoms with van der Waals surface area (Å²) in [7, 11) is 1.63. The lowest BCUT2D eigenvalue weighted by Crippen LogP contribution is -2.60. The Kier molecular flexibility index (Phi) is 7.83. The summed E-state index contributed by atoms with van der Waals surface area (Å²) in [6, 6.07) is 8.33. The van der Waals surface area contributed by atoms with E-state index in [0.29, 0.717) is 26.2 Å². The first-order valence-electron chi connectivity index (χ1n) is 11.0. The summed E-state index contributed by atoms with van der Waals surface area (Å²) in [4.78, 5) is 28.8. The fourth-order valence-corrected chi connectivity index (χ4v) is 4.38. The molecule has 2 aliphatic heterocycles. The maximum absolute atomic E-state index is 12.4. The fraction of sp³-hybridized carbons (Fsp3) is 0.652. The number of likely N-dealkylation sites (tertiary alicyclic amines) is 1. The second-order valence-electron chi connectivity index (χ2n) is 9.32. The number of carbonyl (C=O) groups is 2. The molecule has 0 aliphatic carbocycles. The van der Waals surface area contributed by atoms with Gasteiger partial charge >= 0.3 is 6.09 Å². The summed E-state index contributed by atoms with van der Waals surface area (Å²) in [5.74, 6) is -0.0962. The van der Waals surface area contributed by atoms with E-state index < -0.39 is 11.7 Å². The van der Waals surface area contributed by atoms with Gasteiger partial charge in [0.25, 0.3) is 0 Å². The second kappa shape index (κ2) is 10.2. The molecule has 1 N–H and O–H groups in total. The number of halogens is 1. The third-order valence-electron chi connectivity index (χ3n) is 5.84. The molecule has 2 fully saturated rings. The quantitative estimate of drug-likeness (QED) is 0.761. The molecule has 1 aromatic rings. The number of likely N-dealkylation sites (N-methyl/N-ethyl adjacent to an activating group) is 1. The van der Waals surface area contributed by atoms with Gasteiger partial charge in [-0.1, -0.05) is 23.7 Å². The van der Waals surface area contributed by atoms with Crippen molar-refractivity contribution in [3.8, 4) is 0 Å². The second-order valence-corrected chi connectivity index (χ2v) is 9.75. The van der Waals surface area contributed by atoms with Gasteiger partial charge < -0.3 is 19.7 Å². The van der Waals surface area contributed by atoms with Gasteiger partial charge in [0.15, 0.2) is 0 Å². The van der Waals surface area contributed by atoms with E-state index in [1.54, 1.807) is 11.9 Å². The Hall–Kier alpha value is -1.83. The highest BCUT2D eigenvalue weighted by Gasteiger charge is 2.38. The van der Waals surface area contributed by atoms with Crippen LogP contribution < -0.4 is 5.32 Å². The molecule has 0 spiro atoms. The lowest BCUT2D eigenvalue weighted by Gasteiger charge is -2.46. The summed E-state index contributed by atoms with van der Waals surface area (Å²) in [6.07, 6.45) is 1.78. The molecule has 31 heavy (non-hydrogen) atoms. The van der Waals surface area contributed by atoms with Crippen molar-refractivity contribution < 1.29 is 19.1 Å². The molecule has 2 amide bonds. The van der Waals surface area contributed by atoms with Crippen molar-refractivity contribution in [3.05, 3.63) is 34.9 Å². The molecule has 2 saturated heterocycles. The minimum atomic E-state index is -0.497. The molecule has 2 heterocycles. The largest absolute Gasteiger partial charge is 0.444 e. The monoisotopic (exact) mass is 451 g/mol. The third kappa shape index (κ3) is 6.57. The highest BCUT2D eigenvalue weighted by atomic mass is 35.5. The summed E-state index contributed by atoms with van der Waals surface area (Å²) in [6.45, 7) is 7.98. The summed E-state index contributed by atoms with van der Waals surface area (Å²) in [5, 5.41) is 3.42. The van der Waals surface area contributed by atoms with E-state index in [4.69, 9.17) is 21.1 Å². The zero-order valence-electron chi connectivity index (χ0n) is 18.9. The molecule has 0 saturated carbocycles. The number of nitrogens with zero attached hydrogens (tertiary/aromatic N) is 2. The molecule has 3 rings (SSSR count). The molecule has 1 aromatic carbocycles. The SMILES string of the molecule is CNC(=O)[C@H]1CN(C2CCN(C(=O)OC(C)(C)C)CC2)[C@@H](Cc2ccc(Cl)cc2)CO1. The maximum atomic E-state index is 12.4. The first-order chi connectivity index (χ1) is 14.7. The normalized spacial score (nSPS) is 23.5. The van der Waals surface area contributed by atoms with Crippen molar-refractivity contribution in [2.45, 2.75) is 63.8 Å². The van der Waals surface area contributed by atoms with Gasteiger partial charge in [-0.3, -0.25) is 9.69 Å². The molecule has 8 heteroatoms. The molecule has 0 bridgehead atoms. The molecule has 0 aromatic heterocycles. The standard InChI is InChI=1S/C23H34ClN3O4/c1-23(2,3)31-22(29)26-11-9-18(10-12-26)27-14-20(21(28)25-4)30-15-19(27)13-16-5-7-17(24)8-6-16/h5-8,18-20H,9-15H2,1-4H3,(H,25,28)/t19-,20+/m0/s1. The average molecular weight is 452 g/mol. The van der Waals surface area contributed by atoms with Crippen LogP contribution in [0.25, 0.3) is 0 Å². The van der Waals surface area contributed by atoms with E-state index in [9.17, 15) is 9.59 Å². The highest BCUT2D eigenvalue weighted by Crippen LogP contribution is 2.26. The van der Waals surface area contributed by atoms with E-state index in [-0.39, 0.29) is 24.1 Å². The number of piperidine rings is 1. The predicted molar refractivity (Wildman–Crippen MR) is 120 cm³/mol.